The topological polar surface area (TPSA) is 55.8 Å². The second-order valence-electron chi connectivity index (χ2n) is 15.5. The molecule has 0 aromatic heterocycles. The SMILES string of the molecule is CCCCCCCCCCCCCCCCCCCCCCCCCC(=O)OC(CO)COCCCCCCCCCCCCCCCC. The monoisotopic (exact) mass is 695 g/mol. The first-order valence-corrected chi connectivity index (χ1v) is 22.6. The fraction of sp³-hybridized carbons (Fsp3) is 0.978. The van der Waals surface area contributed by atoms with E-state index in [9.17, 15) is 9.90 Å². The number of carbonyl (C=O) groups is 1. The summed E-state index contributed by atoms with van der Waals surface area (Å²) in [6.45, 7) is 5.41. The maximum absolute atomic E-state index is 12.2. The van der Waals surface area contributed by atoms with Crippen LogP contribution in [0.25, 0.3) is 0 Å². The summed E-state index contributed by atoms with van der Waals surface area (Å²) in [5.41, 5.74) is 0. The molecule has 0 radical (unpaired) electrons. The molecule has 1 unspecified atom stereocenters. The molecule has 0 aliphatic heterocycles. The Bertz CT molecular complexity index is 609. The molecule has 0 fully saturated rings. The number of hydrogen-bond acceptors (Lipinski definition) is 4. The quantitative estimate of drug-likeness (QED) is 0.0510. The van der Waals surface area contributed by atoms with Crippen LogP contribution in [0.5, 0.6) is 0 Å². The highest BCUT2D eigenvalue weighted by Crippen LogP contribution is 2.16. The molecule has 0 heterocycles. The van der Waals surface area contributed by atoms with E-state index in [2.05, 4.69) is 13.8 Å². The molecule has 1 atom stereocenters. The largest absolute Gasteiger partial charge is 0.457 e. The summed E-state index contributed by atoms with van der Waals surface area (Å²) >= 11 is 0. The van der Waals surface area contributed by atoms with Gasteiger partial charge in [-0.1, -0.05) is 239 Å². The van der Waals surface area contributed by atoms with Crippen molar-refractivity contribution >= 4 is 5.97 Å². The van der Waals surface area contributed by atoms with Crippen LogP contribution in [0.4, 0.5) is 0 Å². The van der Waals surface area contributed by atoms with E-state index < -0.39 is 6.10 Å². The van der Waals surface area contributed by atoms with Crippen molar-refractivity contribution in [1.29, 1.82) is 0 Å². The molecule has 0 rings (SSSR count). The van der Waals surface area contributed by atoms with Gasteiger partial charge in [-0.2, -0.15) is 0 Å². The number of rotatable bonds is 43. The Labute approximate surface area is 308 Å². The predicted octanol–water partition coefficient (Wildman–Crippen LogP) is 14.8. The molecular weight excluding hydrogens is 604 g/mol. The third-order valence-electron chi connectivity index (χ3n) is 10.4. The van der Waals surface area contributed by atoms with Crippen LogP contribution in [-0.4, -0.2) is 37.0 Å². The lowest BCUT2D eigenvalue weighted by molar-refractivity contribution is -0.154. The highest BCUT2D eigenvalue weighted by Gasteiger charge is 2.13. The minimum Gasteiger partial charge on any atom is -0.457 e. The van der Waals surface area contributed by atoms with Gasteiger partial charge in [-0.05, 0) is 12.8 Å². The Morgan fingerprint density at radius 2 is 0.673 bits per heavy atom. The number of carbonyl (C=O) groups excluding carboxylic acids is 1. The van der Waals surface area contributed by atoms with E-state index in [4.69, 9.17) is 9.47 Å². The number of hydrogen-bond donors (Lipinski definition) is 1. The summed E-state index contributed by atoms with van der Waals surface area (Å²) in [5, 5.41) is 9.60. The van der Waals surface area contributed by atoms with Gasteiger partial charge in [0, 0.05) is 13.0 Å². The molecule has 4 heteroatoms. The number of unbranched alkanes of at least 4 members (excludes halogenated alkanes) is 35. The molecule has 4 nitrogen and oxygen atoms in total. The van der Waals surface area contributed by atoms with E-state index in [1.165, 1.54) is 218 Å². The van der Waals surface area contributed by atoms with Gasteiger partial charge in [-0.15, -0.1) is 0 Å². The van der Waals surface area contributed by atoms with Crippen LogP contribution in [0.2, 0.25) is 0 Å². The minimum atomic E-state index is -0.524. The zero-order valence-electron chi connectivity index (χ0n) is 33.7. The number of ether oxygens (including phenoxy) is 2. The standard InChI is InChI=1S/C45H90O4/c1-3-5-7-9-11-13-15-17-19-20-21-22-23-24-25-26-27-28-30-32-34-36-38-40-45(47)49-44(42-46)43-48-41-39-37-35-33-31-29-18-16-14-12-10-8-6-4-2/h44,46H,3-43H2,1-2H3. The highest BCUT2D eigenvalue weighted by atomic mass is 16.6. The van der Waals surface area contributed by atoms with E-state index in [-0.39, 0.29) is 12.6 Å². The first-order valence-electron chi connectivity index (χ1n) is 22.6. The third kappa shape index (κ3) is 41.7. The van der Waals surface area contributed by atoms with Crippen LogP contribution >= 0.6 is 0 Å². The number of aliphatic hydroxyl groups is 1. The van der Waals surface area contributed by atoms with Gasteiger partial charge in [0.15, 0.2) is 0 Å². The summed E-state index contributed by atoms with van der Waals surface area (Å²) in [6.07, 6.45) is 50.3. The molecule has 294 valence electrons. The van der Waals surface area contributed by atoms with Gasteiger partial charge in [0.25, 0.3) is 0 Å². The van der Waals surface area contributed by atoms with Gasteiger partial charge in [0.1, 0.15) is 6.10 Å². The maximum Gasteiger partial charge on any atom is 0.306 e. The van der Waals surface area contributed by atoms with Crippen molar-refractivity contribution in [2.24, 2.45) is 0 Å². The van der Waals surface area contributed by atoms with Crippen molar-refractivity contribution in [3.05, 3.63) is 0 Å². The number of aliphatic hydroxyl groups excluding tert-OH is 1. The fourth-order valence-electron chi connectivity index (χ4n) is 7.04. The van der Waals surface area contributed by atoms with Crippen molar-refractivity contribution in [1.82, 2.24) is 0 Å². The van der Waals surface area contributed by atoms with E-state index in [0.717, 1.165) is 19.3 Å². The van der Waals surface area contributed by atoms with Gasteiger partial charge < -0.3 is 14.6 Å². The summed E-state index contributed by atoms with van der Waals surface area (Å²) in [4.78, 5) is 12.2. The molecule has 0 amide bonds. The first-order chi connectivity index (χ1) is 24.2. The van der Waals surface area contributed by atoms with E-state index in [1.54, 1.807) is 0 Å². The van der Waals surface area contributed by atoms with Crippen molar-refractivity contribution in [3.63, 3.8) is 0 Å². The molecule has 0 spiro atoms. The summed E-state index contributed by atoms with van der Waals surface area (Å²) in [5.74, 6) is -0.192. The van der Waals surface area contributed by atoms with Crippen LogP contribution < -0.4 is 0 Å². The molecule has 0 aromatic carbocycles. The second kappa shape index (κ2) is 43.6. The Balaban J connectivity index is 3.33. The third-order valence-corrected chi connectivity index (χ3v) is 10.4. The normalized spacial score (nSPS) is 12.1. The van der Waals surface area contributed by atoms with Gasteiger partial charge in [-0.25, -0.2) is 0 Å². The Kier molecular flexibility index (Phi) is 43.0. The molecular formula is C45H90O4. The molecule has 0 saturated heterocycles. The van der Waals surface area contributed by atoms with Crippen LogP contribution in [0, 0.1) is 0 Å². The molecule has 0 saturated carbocycles. The average Bonchev–Trinajstić information content (AvgIpc) is 3.11. The Hall–Kier alpha value is -0.610. The van der Waals surface area contributed by atoms with Crippen molar-refractivity contribution in [3.8, 4) is 0 Å². The van der Waals surface area contributed by atoms with Gasteiger partial charge in [-0.3, -0.25) is 4.79 Å². The fourth-order valence-corrected chi connectivity index (χ4v) is 7.04. The molecule has 0 aromatic rings. The first kappa shape index (κ1) is 48.4. The van der Waals surface area contributed by atoms with Crippen molar-refractivity contribution < 1.29 is 19.4 Å². The van der Waals surface area contributed by atoms with E-state index >= 15 is 0 Å². The molecule has 0 aliphatic carbocycles. The molecule has 1 N–H and O–H groups in total. The number of esters is 1. The van der Waals surface area contributed by atoms with Crippen LogP contribution in [-0.2, 0) is 14.3 Å². The summed E-state index contributed by atoms with van der Waals surface area (Å²) < 4.78 is 11.2. The van der Waals surface area contributed by atoms with Gasteiger partial charge in [0.2, 0.25) is 0 Å². The van der Waals surface area contributed by atoms with E-state index in [0.29, 0.717) is 19.6 Å². The average molecular weight is 695 g/mol. The summed E-state index contributed by atoms with van der Waals surface area (Å²) in [6, 6.07) is 0. The smallest absolute Gasteiger partial charge is 0.306 e. The van der Waals surface area contributed by atoms with Gasteiger partial charge >= 0.3 is 5.97 Å². The lowest BCUT2D eigenvalue weighted by Gasteiger charge is -2.16. The molecule has 0 bridgehead atoms. The molecule has 49 heavy (non-hydrogen) atoms. The van der Waals surface area contributed by atoms with Crippen molar-refractivity contribution in [2.45, 2.75) is 264 Å². The van der Waals surface area contributed by atoms with Crippen LogP contribution in [0.3, 0.4) is 0 Å². The lowest BCUT2D eigenvalue weighted by Crippen LogP contribution is -2.27. The van der Waals surface area contributed by atoms with Gasteiger partial charge in [0.05, 0.1) is 13.2 Å². The Morgan fingerprint density at radius 3 is 0.959 bits per heavy atom. The second-order valence-corrected chi connectivity index (χ2v) is 15.5. The Morgan fingerprint density at radius 1 is 0.408 bits per heavy atom. The van der Waals surface area contributed by atoms with Crippen molar-refractivity contribution in [2.75, 3.05) is 19.8 Å². The molecule has 0 aliphatic rings. The maximum atomic E-state index is 12.2. The van der Waals surface area contributed by atoms with Crippen LogP contribution in [0.15, 0.2) is 0 Å². The zero-order chi connectivity index (χ0) is 35.6. The van der Waals surface area contributed by atoms with Crippen LogP contribution in [0.1, 0.15) is 258 Å². The lowest BCUT2D eigenvalue weighted by atomic mass is 10.0. The van der Waals surface area contributed by atoms with E-state index in [1.807, 2.05) is 0 Å². The minimum absolute atomic E-state index is 0.163. The predicted molar refractivity (Wildman–Crippen MR) is 215 cm³/mol. The zero-order valence-corrected chi connectivity index (χ0v) is 33.7. The highest BCUT2D eigenvalue weighted by molar-refractivity contribution is 5.69. The summed E-state index contributed by atoms with van der Waals surface area (Å²) in [7, 11) is 0.